The lowest BCUT2D eigenvalue weighted by molar-refractivity contribution is -0.136. The van der Waals surface area contributed by atoms with Gasteiger partial charge in [0, 0.05) is 30.9 Å². The third-order valence-electron chi connectivity index (χ3n) is 7.54. The highest BCUT2D eigenvalue weighted by atomic mass is 16.4. The van der Waals surface area contributed by atoms with Crippen LogP contribution in [0.3, 0.4) is 0 Å². The van der Waals surface area contributed by atoms with Crippen molar-refractivity contribution in [1.82, 2.24) is 5.32 Å². The molecule has 0 aliphatic heterocycles. The van der Waals surface area contributed by atoms with Gasteiger partial charge in [-0.1, -0.05) is 87.5 Å². The number of carbonyl (C=O) groups is 2. The third-order valence-corrected chi connectivity index (χ3v) is 7.54. The first kappa shape index (κ1) is 27.2. The molecular formula is C35H36N2O3. The first-order valence-corrected chi connectivity index (χ1v) is 13.8. The second kappa shape index (κ2) is 11.4. The van der Waals surface area contributed by atoms with Crippen LogP contribution in [0.1, 0.15) is 65.4 Å². The van der Waals surface area contributed by atoms with Gasteiger partial charge in [0.2, 0.25) is 0 Å². The van der Waals surface area contributed by atoms with Crippen LogP contribution in [-0.2, 0) is 29.7 Å². The lowest BCUT2D eigenvalue weighted by Crippen LogP contribution is -2.26. The van der Waals surface area contributed by atoms with E-state index in [0.29, 0.717) is 5.56 Å². The number of fused-ring (bicyclic) bond motifs is 3. The molecule has 0 unspecified atom stereocenters. The number of benzene rings is 4. The van der Waals surface area contributed by atoms with Gasteiger partial charge in [-0.05, 0) is 75.0 Å². The standard InChI is InChI=1S/C35H36N2O3/c1-35(2,3)29-13-8-24(9-14-29)22-37(30-15-11-26(12-16-30)34(40)36-19-18-33(38)39)23-25-10-17-32-28(20-25)21-27-6-4-5-7-31(27)32/h4-17,20H,18-19,21-23H2,1-3H3,(H,36,40)(H,38,39). The summed E-state index contributed by atoms with van der Waals surface area (Å²) < 4.78 is 0. The lowest BCUT2D eigenvalue weighted by Gasteiger charge is -2.26. The maximum Gasteiger partial charge on any atom is 0.305 e. The number of hydrogen-bond acceptors (Lipinski definition) is 3. The van der Waals surface area contributed by atoms with Crippen molar-refractivity contribution in [1.29, 1.82) is 0 Å². The summed E-state index contributed by atoms with van der Waals surface area (Å²) >= 11 is 0. The Kier molecular flexibility index (Phi) is 7.74. The molecule has 40 heavy (non-hydrogen) atoms. The van der Waals surface area contributed by atoms with Crippen LogP contribution >= 0.6 is 0 Å². The van der Waals surface area contributed by atoms with Gasteiger partial charge in [-0.15, -0.1) is 0 Å². The van der Waals surface area contributed by atoms with E-state index in [1.807, 2.05) is 12.1 Å². The minimum Gasteiger partial charge on any atom is -0.481 e. The van der Waals surface area contributed by atoms with Crippen LogP contribution in [0.5, 0.6) is 0 Å². The zero-order valence-electron chi connectivity index (χ0n) is 23.4. The molecule has 0 heterocycles. The minimum absolute atomic E-state index is 0.0983. The summed E-state index contributed by atoms with van der Waals surface area (Å²) in [4.78, 5) is 25.6. The molecule has 0 fully saturated rings. The first-order valence-electron chi connectivity index (χ1n) is 13.8. The Bertz CT molecular complexity index is 1520. The van der Waals surface area contributed by atoms with Gasteiger partial charge in [-0.3, -0.25) is 9.59 Å². The van der Waals surface area contributed by atoms with Gasteiger partial charge in [-0.2, -0.15) is 0 Å². The fourth-order valence-electron chi connectivity index (χ4n) is 5.29. The zero-order chi connectivity index (χ0) is 28.3. The summed E-state index contributed by atoms with van der Waals surface area (Å²) in [5, 5.41) is 11.5. The SMILES string of the molecule is CC(C)(C)c1ccc(CN(Cc2ccc3c(c2)Cc2ccccc2-3)c2ccc(C(=O)NCCC(=O)O)cc2)cc1. The van der Waals surface area contributed by atoms with Gasteiger partial charge in [-0.25, -0.2) is 0 Å². The summed E-state index contributed by atoms with van der Waals surface area (Å²) in [6.07, 6.45) is 0.858. The second-order valence-electron chi connectivity index (χ2n) is 11.6. The Morgan fingerprint density at radius 1 is 0.800 bits per heavy atom. The second-order valence-corrected chi connectivity index (χ2v) is 11.6. The normalized spacial score (nSPS) is 12.0. The first-order chi connectivity index (χ1) is 19.2. The van der Waals surface area contributed by atoms with Crippen molar-refractivity contribution in [3.05, 3.63) is 124 Å². The number of hydrogen-bond donors (Lipinski definition) is 2. The predicted octanol–water partition coefficient (Wildman–Crippen LogP) is 6.97. The van der Waals surface area contributed by atoms with Gasteiger partial charge < -0.3 is 15.3 Å². The van der Waals surface area contributed by atoms with Crippen LogP contribution in [0.25, 0.3) is 11.1 Å². The molecule has 0 bridgehead atoms. The van der Waals surface area contributed by atoms with E-state index < -0.39 is 5.97 Å². The molecule has 1 aliphatic rings. The topological polar surface area (TPSA) is 69.6 Å². The Labute approximate surface area is 236 Å². The van der Waals surface area contributed by atoms with E-state index in [9.17, 15) is 9.59 Å². The quantitative estimate of drug-likeness (QED) is 0.215. The maximum atomic E-state index is 12.5. The van der Waals surface area contributed by atoms with Crippen molar-refractivity contribution in [2.45, 2.75) is 52.1 Å². The number of rotatable bonds is 9. The number of anilines is 1. The fourth-order valence-corrected chi connectivity index (χ4v) is 5.29. The van der Waals surface area contributed by atoms with Gasteiger partial charge in [0.25, 0.3) is 5.91 Å². The monoisotopic (exact) mass is 532 g/mol. The Morgan fingerprint density at radius 2 is 1.45 bits per heavy atom. The van der Waals surface area contributed by atoms with Crippen LogP contribution in [0, 0.1) is 0 Å². The number of nitrogens with zero attached hydrogens (tertiary/aromatic N) is 1. The summed E-state index contributed by atoms with van der Waals surface area (Å²) in [6.45, 7) is 8.23. The van der Waals surface area contributed by atoms with Crippen LogP contribution < -0.4 is 10.2 Å². The molecule has 5 nitrogen and oxygen atoms in total. The molecule has 5 rings (SSSR count). The lowest BCUT2D eigenvalue weighted by atomic mass is 9.87. The van der Waals surface area contributed by atoms with Gasteiger partial charge in [0.15, 0.2) is 0 Å². The summed E-state index contributed by atoms with van der Waals surface area (Å²) in [5.74, 6) is -1.20. The molecule has 0 saturated carbocycles. The van der Waals surface area contributed by atoms with Crippen molar-refractivity contribution in [2.75, 3.05) is 11.4 Å². The number of nitrogens with one attached hydrogen (secondary N) is 1. The fraction of sp³-hybridized carbons (Fsp3) is 0.257. The van der Waals surface area contributed by atoms with Crippen LogP contribution in [-0.4, -0.2) is 23.5 Å². The smallest absolute Gasteiger partial charge is 0.305 e. The summed E-state index contributed by atoms with van der Waals surface area (Å²) in [7, 11) is 0. The van der Waals surface area contributed by atoms with E-state index in [0.717, 1.165) is 25.2 Å². The number of aliphatic carboxylic acids is 1. The Morgan fingerprint density at radius 3 is 2.15 bits per heavy atom. The molecule has 0 aromatic heterocycles. The number of amides is 1. The molecule has 4 aromatic carbocycles. The largest absolute Gasteiger partial charge is 0.481 e. The molecule has 0 radical (unpaired) electrons. The van der Waals surface area contributed by atoms with Crippen LogP contribution in [0.15, 0.2) is 91.0 Å². The molecule has 0 atom stereocenters. The van der Waals surface area contributed by atoms with E-state index >= 15 is 0 Å². The maximum absolute atomic E-state index is 12.5. The molecular weight excluding hydrogens is 496 g/mol. The van der Waals surface area contributed by atoms with E-state index in [1.165, 1.54) is 38.9 Å². The van der Waals surface area contributed by atoms with Crippen molar-refractivity contribution in [3.63, 3.8) is 0 Å². The van der Waals surface area contributed by atoms with E-state index in [-0.39, 0.29) is 24.3 Å². The highest BCUT2D eigenvalue weighted by Gasteiger charge is 2.19. The third kappa shape index (κ3) is 6.26. The molecule has 2 N–H and O–H groups in total. The average molecular weight is 533 g/mol. The Hall–Kier alpha value is -4.38. The minimum atomic E-state index is -0.933. The number of carboxylic acid groups (broad SMARTS) is 1. The van der Waals surface area contributed by atoms with Crippen molar-refractivity contribution >= 4 is 17.6 Å². The molecule has 4 aromatic rings. The zero-order valence-corrected chi connectivity index (χ0v) is 23.4. The number of carboxylic acids is 1. The van der Waals surface area contributed by atoms with Crippen molar-refractivity contribution < 1.29 is 14.7 Å². The molecule has 1 amide bonds. The summed E-state index contributed by atoms with van der Waals surface area (Å²) in [5.41, 5.74) is 10.8. The van der Waals surface area contributed by atoms with Gasteiger partial charge in [0.05, 0.1) is 6.42 Å². The van der Waals surface area contributed by atoms with Gasteiger partial charge in [0.1, 0.15) is 0 Å². The van der Waals surface area contributed by atoms with Crippen LogP contribution in [0.4, 0.5) is 5.69 Å². The van der Waals surface area contributed by atoms with E-state index in [4.69, 9.17) is 5.11 Å². The average Bonchev–Trinajstić information content (AvgIpc) is 3.30. The molecule has 0 spiro atoms. The summed E-state index contributed by atoms with van der Waals surface area (Å²) in [6, 6.07) is 31.8. The van der Waals surface area contributed by atoms with Crippen molar-refractivity contribution in [2.24, 2.45) is 0 Å². The highest BCUT2D eigenvalue weighted by Crippen LogP contribution is 2.37. The Balaban J connectivity index is 1.38. The highest BCUT2D eigenvalue weighted by molar-refractivity contribution is 5.94. The molecule has 204 valence electrons. The van der Waals surface area contributed by atoms with Crippen LogP contribution in [0.2, 0.25) is 0 Å². The van der Waals surface area contributed by atoms with E-state index in [1.54, 1.807) is 12.1 Å². The number of carbonyl (C=O) groups excluding carboxylic acids is 1. The molecule has 1 aliphatic carbocycles. The predicted molar refractivity (Wildman–Crippen MR) is 161 cm³/mol. The van der Waals surface area contributed by atoms with Gasteiger partial charge >= 0.3 is 5.97 Å². The van der Waals surface area contributed by atoms with E-state index in [2.05, 4.69) is 97.7 Å². The van der Waals surface area contributed by atoms with Crippen molar-refractivity contribution in [3.8, 4) is 11.1 Å². The molecule has 0 saturated heterocycles. The molecule has 5 heteroatoms.